The first-order valence-electron chi connectivity index (χ1n) is 7.84. The Morgan fingerprint density at radius 1 is 1.15 bits per heavy atom. The number of halogens is 3. The summed E-state index contributed by atoms with van der Waals surface area (Å²) in [5.41, 5.74) is -1.14. The fourth-order valence-electron chi connectivity index (χ4n) is 2.32. The van der Waals surface area contributed by atoms with Crippen molar-refractivity contribution in [3.05, 3.63) is 70.8 Å². The molecular formula is C17H14F3N5O2. The predicted molar refractivity (Wildman–Crippen MR) is 90.4 cm³/mol. The molecule has 0 aliphatic rings. The lowest BCUT2D eigenvalue weighted by molar-refractivity contribution is -0.137. The smallest absolute Gasteiger partial charge is 0.324 e. The van der Waals surface area contributed by atoms with Gasteiger partial charge in [0.05, 0.1) is 5.56 Å². The van der Waals surface area contributed by atoms with Crippen molar-refractivity contribution in [3.8, 4) is 5.82 Å². The van der Waals surface area contributed by atoms with Gasteiger partial charge in [0, 0.05) is 24.1 Å². The zero-order valence-electron chi connectivity index (χ0n) is 14.0. The summed E-state index contributed by atoms with van der Waals surface area (Å²) in [5, 5.41) is 10.6. The molecule has 0 aliphatic heterocycles. The molecule has 7 nitrogen and oxygen atoms in total. The first-order valence-corrected chi connectivity index (χ1v) is 7.84. The maximum absolute atomic E-state index is 12.6. The minimum atomic E-state index is -4.46. The molecule has 1 amide bonds. The highest BCUT2D eigenvalue weighted by atomic mass is 19.4. The van der Waals surface area contributed by atoms with Crippen LogP contribution >= 0.6 is 0 Å². The van der Waals surface area contributed by atoms with Gasteiger partial charge in [-0.3, -0.25) is 9.59 Å². The van der Waals surface area contributed by atoms with Crippen LogP contribution in [0.15, 0.2) is 59.7 Å². The first-order chi connectivity index (χ1) is 12.8. The van der Waals surface area contributed by atoms with Crippen LogP contribution in [0.25, 0.3) is 5.82 Å². The molecule has 27 heavy (non-hydrogen) atoms. The second-order valence-corrected chi connectivity index (χ2v) is 5.67. The Morgan fingerprint density at radius 3 is 2.44 bits per heavy atom. The number of nitrogens with zero attached hydrogens (tertiary/aromatic N) is 4. The van der Waals surface area contributed by atoms with Gasteiger partial charge < -0.3 is 5.32 Å². The molecule has 10 heteroatoms. The Kier molecular flexibility index (Phi) is 4.80. The van der Waals surface area contributed by atoms with Crippen LogP contribution < -0.4 is 10.9 Å². The molecule has 0 bridgehead atoms. The van der Waals surface area contributed by atoms with Gasteiger partial charge in [-0.15, -0.1) is 5.10 Å². The molecule has 2 heterocycles. The van der Waals surface area contributed by atoms with E-state index in [1.807, 2.05) is 0 Å². The van der Waals surface area contributed by atoms with Crippen molar-refractivity contribution in [2.24, 2.45) is 0 Å². The van der Waals surface area contributed by atoms with Gasteiger partial charge in [-0.1, -0.05) is 0 Å². The highest BCUT2D eigenvalue weighted by molar-refractivity contribution is 5.93. The summed E-state index contributed by atoms with van der Waals surface area (Å²) in [4.78, 5) is 24.4. The second kappa shape index (κ2) is 7.06. The standard InChI is InChI=1S/C17H14F3N5O2/c1-11(16(27)22-13-5-3-12(4-6-13)17(18,19)20)25-15(26)8-7-14(23-25)24-10-2-9-21-24/h2-11H,1H3,(H,22,27). The van der Waals surface area contributed by atoms with Gasteiger partial charge in [0.25, 0.3) is 5.56 Å². The molecule has 1 unspecified atom stereocenters. The number of alkyl halides is 3. The zero-order valence-corrected chi connectivity index (χ0v) is 14.0. The maximum atomic E-state index is 12.6. The summed E-state index contributed by atoms with van der Waals surface area (Å²) in [7, 11) is 0. The fraction of sp³-hybridized carbons (Fsp3) is 0.176. The van der Waals surface area contributed by atoms with Crippen molar-refractivity contribution < 1.29 is 18.0 Å². The van der Waals surface area contributed by atoms with E-state index >= 15 is 0 Å². The maximum Gasteiger partial charge on any atom is 0.416 e. The van der Waals surface area contributed by atoms with E-state index in [0.29, 0.717) is 5.82 Å². The lowest BCUT2D eigenvalue weighted by Crippen LogP contribution is -2.33. The third-order valence-corrected chi connectivity index (χ3v) is 3.78. The quantitative estimate of drug-likeness (QED) is 0.758. The third kappa shape index (κ3) is 4.05. The van der Waals surface area contributed by atoms with Crippen LogP contribution in [0.3, 0.4) is 0 Å². The number of carbonyl (C=O) groups is 1. The summed E-state index contributed by atoms with van der Waals surface area (Å²) in [6.45, 7) is 1.46. The molecule has 0 saturated carbocycles. The van der Waals surface area contributed by atoms with Gasteiger partial charge in [0.15, 0.2) is 5.82 Å². The Hall–Kier alpha value is -3.43. The van der Waals surface area contributed by atoms with Crippen LogP contribution in [0.4, 0.5) is 18.9 Å². The molecule has 140 valence electrons. The Bertz CT molecular complexity index is 995. The number of amides is 1. The molecule has 3 aromatic rings. The van der Waals surface area contributed by atoms with E-state index in [1.54, 1.807) is 12.3 Å². The van der Waals surface area contributed by atoms with E-state index in [-0.39, 0.29) is 5.69 Å². The minimum Gasteiger partial charge on any atom is -0.324 e. The second-order valence-electron chi connectivity index (χ2n) is 5.67. The van der Waals surface area contributed by atoms with Crippen LogP contribution in [0.1, 0.15) is 18.5 Å². The monoisotopic (exact) mass is 377 g/mol. The van der Waals surface area contributed by atoms with Crippen LogP contribution in [-0.2, 0) is 11.0 Å². The molecule has 0 saturated heterocycles. The number of benzene rings is 1. The summed E-state index contributed by atoms with van der Waals surface area (Å²) < 4.78 is 40.2. The topological polar surface area (TPSA) is 81.8 Å². The highest BCUT2D eigenvalue weighted by Gasteiger charge is 2.30. The van der Waals surface area contributed by atoms with Crippen molar-refractivity contribution in [1.29, 1.82) is 0 Å². The molecule has 1 N–H and O–H groups in total. The Morgan fingerprint density at radius 2 is 1.85 bits per heavy atom. The van der Waals surface area contributed by atoms with Gasteiger partial charge in [0.2, 0.25) is 5.91 Å². The van der Waals surface area contributed by atoms with E-state index in [4.69, 9.17) is 0 Å². The molecule has 0 fully saturated rings. The number of rotatable bonds is 4. The van der Waals surface area contributed by atoms with Crippen molar-refractivity contribution in [2.75, 3.05) is 5.32 Å². The lowest BCUT2D eigenvalue weighted by Gasteiger charge is -2.15. The van der Waals surface area contributed by atoms with Crippen molar-refractivity contribution in [3.63, 3.8) is 0 Å². The van der Waals surface area contributed by atoms with Gasteiger partial charge in [0.1, 0.15) is 6.04 Å². The summed E-state index contributed by atoms with van der Waals surface area (Å²) in [6, 6.07) is 7.42. The zero-order chi connectivity index (χ0) is 19.6. The van der Waals surface area contributed by atoms with E-state index in [1.165, 1.54) is 29.9 Å². The van der Waals surface area contributed by atoms with E-state index in [2.05, 4.69) is 15.5 Å². The minimum absolute atomic E-state index is 0.177. The van der Waals surface area contributed by atoms with Gasteiger partial charge in [-0.25, -0.2) is 9.36 Å². The van der Waals surface area contributed by atoms with E-state index in [0.717, 1.165) is 28.9 Å². The average molecular weight is 377 g/mol. The third-order valence-electron chi connectivity index (χ3n) is 3.78. The van der Waals surface area contributed by atoms with Crippen LogP contribution in [0.5, 0.6) is 0 Å². The SMILES string of the molecule is CC(C(=O)Nc1ccc(C(F)(F)F)cc1)n1nc(-n2cccn2)ccc1=O. The first kappa shape index (κ1) is 18.4. The van der Waals surface area contributed by atoms with Crippen molar-refractivity contribution in [2.45, 2.75) is 19.1 Å². The molecule has 0 spiro atoms. The number of nitrogens with one attached hydrogen (secondary N) is 1. The van der Waals surface area contributed by atoms with Crippen LogP contribution in [0, 0.1) is 0 Å². The number of carbonyl (C=O) groups excluding carboxylic acids is 1. The van der Waals surface area contributed by atoms with Crippen molar-refractivity contribution >= 4 is 11.6 Å². The summed E-state index contributed by atoms with van der Waals surface area (Å²) >= 11 is 0. The largest absolute Gasteiger partial charge is 0.416 e. The lowest BCUT2D eigenvalue weighted by atomic mass is 10.2. The van der Waals surface area contributed by atoms with Crippen LogP contribution in [0.2, 0.25) is 0 Å². The average Bonchev–Trinajstić information content (AvgIpc) is 3.16. The fourth-order valence-corrected chi connectivity index (χ4v) is 2.32. The number of anilines is 1. The van der Waals surface area contributed by atoms with E-state index in [9.17, 15) is 22.8 Å². The normalized spacial score (nSPS) is 12.6. The number of hydrogen-bond donors (Lipinski definition) is 1. The summed E-state index contributed by atoms with van der Waals surface area (Å²) in [6.07, 6.45) is -1.29. The van der Waals surface area contributed by atoms with Crippen LogP contribution in [-0.4, -0.2) is 25.5 Å². The highest BCUT2D eigenvalue weighted by Crippen LogP contribution is 2.29. The molecule has 3 rings (SSSR count). The number of hydrogen-bond acceptors (Lipinski definition) is 4. The molecule has 0 radical (unpaired) electrons. The molecule has 2 aromatic heterocycles. The summed E-state index contributed by atoms with van der Waals surface area (Å²) in [5.74, 6) is -0.254. The van der Waals surface area contributed by atoms with Gasteiger partial charge in [-0.2, -0.15) is 18.3 Å². The van der Waals surface area contributed by atoms with Gasteiger partial charge >= 0.3 is 6.18 Å². The molecule has 1 atom stereocenters. The Balaban J connectivity index is 1.79. The van der Waals surface area contributed by atoms with Crippen molar-refractivity contribution in [1.82, 2.24) is 19.6 Å². The van der Waals surface area contributed by atoms with Gasteiger partial charge in [-0.05, 0) is 43.3 Å². The predicted octanol–water partition coefficient (Wildman–Crippen LogP) is 2.65. The molecular weight excluding hydrogens is 363 g/mol. The Labute approximate surface area is 151 Å². The number of aromatic nitrogens is 4. The molecule has 0 aliphatic carbocycles. The molecule has 1 aromatic carbocycles. The van der Waals surface area contributed by atoms with E-state index < -0.39 is 29.2 Å².